The summed E-state index contributed by atoms with van der Waals surface area (Å²) in [6.07, 6.45) is 3.40. The summed E-state index contributed by atoms with van der Waals surface area (Å²) >= 11 is 3.60. The van der Waals surface area contributed by atoms with Gasteiger partial charge in [-0.25, -0.2) is 8.78 Å². The highest BCUT2D eigenvalue weighted by Gasteiger charge is 2.47. The Morgan fingerprint density at radius 1 is 1.33 bits per heavy atom. The van der Waals surface area contributed by atoms with Crippen molar-refractivity contribution in [3.63, 3.8) is 0 Å². The van der Waals surface area contributed by atoms with Crippen LogP contribution in [0.25, 0.3) is 0 Å². The summed E-state index contributed by atoms with van der Waals surface area (Å²) in [6, 6.07) is 4.16. The number of benzene rings is 1. The highest BCUT2D eigenvalue weighted by atomic mass is 79.9. The van der Waals surface area contributed by atoms with Gasteiger partial charge >= 0.3 is 0 Å². The Bertz CT molecular complexity index is 372. The Balaban J connectivity index is 2.26. The highest BCUT2D eigenvalue weighted by molar-refractivity contribution is 9.09. The van der Waals surface area contributed by atoms with Crippen LogP contribution in [0.15, 0.2) is 18.2 Å². The minimum atomic E-state index is -0.778. The quantitative estimate of drug-likeness (QED) is 0.708. The summed E-state index contributed by atoms with van der Waals surface area (Å²) in [4.78, 5) is 0.144. The van der Waals surface area contributed by atoms with Gasteiger partial charge in [-0.2, -0.15) is 0 Å². The first-order chi connectivity index (χ1) is 7.09. The molecular formula is C12H13BrF2. The van der Waals surface area contributed by atoms with E-state index >= 15 is 0 Å². The van der Waals surface area contributed by atoms with E-state index in [0.29, 0.717) is 0 Å². The molecule has 82 valence electrons. The average molecular weight is 275 g/mol. The van der Waals surface area contributed by atoms with Crippen molar-refractivity contribution in [3.8, 4) is 0 Å². The zero-order chi connectivity index (χ0) is 11.1. The molecule has 0 N–H and O–H groups in total. The Morgan fingerprint density at radius 3 is 2.47 bits per heavy atom. The molecular weight excluding hydrogens is 262 g/mol. The molecule has 0 amide bonds. The second kappa shape index (κ2) is 3.85. The summed E-state index contributed by atoms with van der Waals surface area (Å²) in [7, 11) is 0. The van der Waals surface area contributed by atoms with Crippen LogP contribution in [0.1, 0.15) is 36.6 Å². The lowest BCUT2D eigenvalue weighted by molar-refractivity contribution is 0.475. The maximum absolute atomic E-state index is 13.1. The molecule has 0 radical (unpaired) electrons. The van der Waals surface area contributed by atoms with E-state index in [1.165, 1.54) is 25.0 Å². The van der Waals surface area contributed by atoms with Crippen LogP contribution in [0.4, 0.5) is 8.78 Å². The van der Waals surface area contributed by atoms with Gasteiger partial charge < -0.3 is 0 Å². The largest absolute Gasteiger partial charge is 0.204 e. The van der Waals surface area contributed by atoms with Crippen molar-refractivity contribution in [2.45, 2.75) is 31.0 Å². The predicted octanol–water partition coefficient (Wildman–Crippen LogP) is 4.59. The first-order valence-electron chi connectivity index (χ1n) is 5.18. The van der Waals surface area contributed by atoms with Crippen LogP contribution in [0.2, 0.25) is 0 Å². The molecule has 1 fully saturated rings. The van der Waals surface area contributed by atoms with E-state index in [4.69, 9.17) is 0 Å². The van der Waals surface area contributed by atoms with Gasteiger partial charge in [0.2, 0.25) is 0 Å². The number of hydrogen-bond donors (Lipinski definition) is 0. The summed E-state index contributed by atoms with van der Waals surface area (Å²) in [5.74, 6) is -1.54. The van der Waals surface area contributed by atoms with E-state index in [9.17, 15) is 8.78 Å². The zero-order valence-electron chi connectivity index (χ0n) is 8.56. The van der Waals surface area contributed by atoms with Crippen LogP contribution in [-0.2, 0) is 0 Å². The lowest BCUT2D eigenvalue weighted by Crippen LogP contribution is -2.07. The third kappa shape index (κ3) is 1.94. The third-order valence-corrected chi connectivity index (χ3v) is 4.87. The molecule has 0 nitrogen and oxygen atoms in total. The van der Waals surface area contributed by atoms with Crippen molar-refractivity contribution >= 4 is 15.9 Å². The first kappa shape index (κ1) is 11.1. The van der Waals surface area contributed by atoms with Gasteiger partial charge in [0, 0.05) is 4.83 Å². The molecule has 1 aromatic carbocycles. The Hall–Kier alpha value is -0.440. The van der Waals surface area contributed by atoms with Crippen LogP contribution in [0.5, 0.6) is 0 Å². The predicted molar refractivity (Wildman–Crippen MR) is 60.0 cm³/mol. The zero-order valence-corrected chi connectivity index (χ0v) is 10.2. The van der Waals surface area contributed by atoms with Crippen LogP contribution < -0.4 is 0 Å². The van der Waals surface area contributed by atoms with E-state index in [1.54, 1.807) is 6.07 Å². The maximum Gasteiger partial charge on any atom is 0.159 e. The van der Waals surface area contributed by atoms with Crippen molar-refractivity contribution < 1.29 is 8.78 Å². The minimum Gasteiger partial charge on any atom is -0.204 e. The fourth-order valence-corrected chi connectivity index (χ4v) is 3.04. The molecule has 3 heteroatoms. The van der Waals surface area contributed by atoms with Gasteiger partial charge in [0.1, 0.15) is 0 Å². The van der Waals surface area contributed by atoms with Gasteiger partial charge in [0.25, 0.3) is 0 Å². The van der Waals surface area contributed by atoms with Gasteiger partial charge in [-0.1, -0.05) is 28.9 Å². The molecule has 0 aliphatic heterocycles. The van der Waals surface area contributed by atoms with Gasteiger partial charge in [-0.15, -0.1) is 0 Å². The fraction of sp³-hybridized carbons (Fsp3) is 0.500. The molecule has 1 saturated carbocycles. The van der Waals surface area contributed by atoms with Gasteiger partial charge in [-0.3, -0.25) is 0 Å². The molecule has 15 heavy (non-hydrogen) atoms. The van der Waals surface area contributed by atoms with Gasteiger partial charge in [0.15, 0.2) is 11.6 Å². The van der Waals surface area contributed by atoms with Crippen molar-refractivity contribution in [2.24, 2.45) is 5.41 Å². The molecule has 1 unspecified atom stereocenters. The Kier molecular flexibility index (Phi) is 2.84. The summed E-state index contributed by atoms with van der Waals surface area (Å²) in [5, 5.41) is 0. The molecule has 1 aliphatic rings. The van der Waals surface area contributed by atoms with Crippen molar-refractivity contribution in [2.75, 3.05) is 0 Å². The molecule has 1 aromatic rings. The lowest BCUT2D eigenvalue weighted by atomic mass is 9.94. The average Bonchev–Trinajstić information content (AvgIpc) is 3.02. The lowest BCUT2D eigenvalue weighted by Gasteiger charge is -2.20. The number of alkyl halides is 1. The molecule has 0 heterocycles. The maximum atomic E-state index is 13.1. The molecule has 2 rings (SSSR count). The molecule has 0 aromatic heterocycles. The van der Waals surface area contributed by atoms with Crippen molar-refractivity contribution in [1.29, 1.82) is 0 Å². The molecule has 0 spiro atoms. The van der Waals surface area contributed by atoms with Crippen molar-refractivity contribution in [3.05, 3.63) is 35.4 Å². The van der Waals surface area contributed by atoms with Crippen LogP contribution in [-0.4, -0.2) is 0 Å². The van der Waals surface area contributed by atoms with Crippen LogP contribution in [0, 0.1) is 17.0 Å². The SMILES string of the molecule is CCC1(C(Br)c2ccc(F)c(F)c2)CC1. The van der Waals surface area contributed by atoms with E-state index in [2.05, 4.69) is 22.9 Å². The van der Waals surface area contributed by atoms with Crippen LogP contribution >= 0.6 is 15.9 Å². The van der Waals surface area contributed by atoms with E-state index in [0.717, 1.165) is 12.0 Å². The first-order valence-corrected chi connectivity index (χ1v) is 6.10. The Labute approximate surface area is 96.8 Å². The molecule has 1 atom stereocenters. The number of rotatable bonds is 3. The second-order valence-corrected chi connectivity index (χ2v) is 5.17. The van der Waals surface area contributed by atoms with Gasteiger partial charge in [0.05, 0.1) is 0 Å². The van der Waals surface area contributed by atoms with Crippen LogP contribution in [0.3, 0.4) is 0 Å². The topological polar surface area (TPSA) is 0 Å². The minimum absolute atomic E-state index is 0.144. The highest BCUT2D eigenvalue weighted by Crippen LogP contribution is 2.60. The number of halogens is 3. The van der Waals surface area contributed by atoms with E-state index < -0.39 is 11.6 Å². The summed E-state index contributed by atoms with van der Waals surface area (Å²) in [6.45, 7) is 2.14. The Morgan fingerprint density at radius 2 is 2.00 bits per heavy atom. The summed E-state index contributed by atoms with van der Waals surface area (Å²) < 4.78 is 25.8. The van der Waals surface area contributed by atoms with E-state index in [1.807, 2.05) is 0 Å². The standard InChI is InChI=1S/C12H13BrF2/c1-2-12(5-6-12)11(13)8-3-4-9(14)10(15)7-8/h3-4,7,11H,2,5-6H2,1H3. The van der Waals surface area contributed by atoms with E-state index in [-0.39, 0.29) is 10.2 Å². The second-order valence-electron chi connectivity index (χ2n) is 4.25. The third-order valence-electron chi connectivity index (χ3n) is 3.37. The molecule has 1 aliphatic carbocycles. The monoisotopic (exact) mass is 274 g/mol. The fourth-order valence-electron chi connectivity index (χ4n) is 1.97. The molecule has 0 saturated heterocycles. The smallest absolute Gasteiger partial charge is 0.159 e. The number of hydrogen-bond acceptors (Lipinski definition) is 0. The van der Waals surface area contributed by atoms with Gasteiger partial charge in [-0.05, 0) is 42.4 Å². The normalized spacial score (nSPS) is 20.0. The molecule has 0 bridgehead atoms. The van der Waals surface area contributed by atoms with Crippen molar-refractivity contribution in [1.82, 2.24) is 0 Å². The summed E-state index contributed by atoms with van der Waals surface area (Å²) in [5.41, 5.74) is 1.11.